The number of aliphatic hydroxyl groups is 1. The van der Waals surface area contributed by atoms with E-state index in [1.165, 1.54) is 0 Å². The van der Waals surface area contributed by atoms with Crippen molar-refractivity contribution >= 4 is 38.6 Å². The Bertz CT molecular complexity index is 2780. The smallest absolute Gasteiger partial charge is 0.387 e. The second-order valence-corrected chi connectivity index (χ2v) is 20.7. The van der Waals surface area contributed by atoms with Crippen LogP contribution in [0.4, 0.5) is 8.78 Å². The Hall–Kier alpha value is -4.87. The van der Waals surface area contributed by atoms with Crippen LogP contribution in [0.1, 0.15) is 91.0 Å². The van der Waals surface area contributed by atoms with Gasteiger partial charge in [0.05, 0.1) is 23.9 Å². The molecule has 10 rings (SSSR count). The molecule has 5 aliphatic rings. The molecule has 64 heavy (non-hydrogen) atoms. The Balaban J connectivity index is 0.911. The molecule has 3 fully saturated rings. The molecule has 1 saturated carbocycles. The average molecular weight is 918 g/mol. The number of aliphatic hydroxyl groups excluding tert-OH is 1. The number of oxazole rings is 1. The summed E-state index contributed by atoms with van der Waals surface area (Å²) in [7, 11) is -2.19. The Morgan fingerprint density at radius 2 is 1.75 bits per heavy atom. The number of carbonyl (C=O) groups excluding carboxylic acids is 1. The maximum atomic E-state index is 14.1. The summed E-state index contributed by atoms with van der Waals surface area (Å²) in [5.41, 5.74) is 8.49. The number of rotatable bonds is 13. The van der Waals surface area contributed by atoms with Crippen molar-refractivity contribution in [3.05, 3.63) is 86.9 Å². The first-order valence-corrected chi connectivity index (χ1v) is 23.8. The van der Waals surface area contributed by atoms with E-state index in [-0.39, 0.29) is 41.4 Å². The molecule has 0 bridgehead atoms. The first-order valence-electron chi connectivity index (χ1n) is 21.9. The largest absolute Gasteiger partial charge is 0.481 e. The molecular weight excluding hydrogens is 868 g/mol. The minimum absolute atomic E-state index is 0.0324. The highest BCUT2D eigenvalue weighted by atomic mass is 35.5. The minimum atomic E-state index is -3.76. The van der Waals surface area contributed by atoms with Gasteiger partial charge in [0.1, 0.15) is 16.6 Å². The number of methoxy groups -OCH3 is 1. The third kappa shape index (κ3) is 7.78. The van der Waals surface area contributed by atoms with Crippen molar-refractivity contribution in [2.75, 3.05) is 33.3 Å². The number of benzene rings is 3. The van der Waals surface area contributed by atoms with Gasteiger partial charge < -0.3 is 23.7 Å². The normalized spacial score (nSPS) is 22.9. The molecule has 2 aliphatic heterocycles. The maximum absolute atomic E-state index is 14.1. The third-order valence-corrected chi connectivity index (χ3v) is 16.5. The summed E-state index contributed by atoms with van der Waals surface area (Å²) in [6.07, 6.45) is 4.13. The molecule has 3 aromatic carbocycles. The summed E-state index contributed by atoms with van der Waals surface area (Å²) in [6, 6.07) is 15.5. The van der Waals surface area contributed by atoms with Gasteiger partial charge in [0.2, 0.25) is 33.6 Å². The van der Waals surface area contributed by atoms with Crippen molar-refractivity contribution in [2.45, 2.75) is 101 Å². The van der Waals surface area contributed by atoms with E-state index in [2.05, 4.69) is 31.6 Å². The fraction of sp³-hybridized carbons (Fsp3) is 0.468. The summed E-state index contributed by atoms with van der Waals surface area (Å²) in [4.78, 5) is 27.0. The summed E-state index contributed by atoms with van der Waals surface area (Å²) < 4.78 is 78.9. The van der Waals surface area contributed by atoms with Gasteiger partial charge in [0.25, 0.3) is 0 Å². The predicted octanol–water partition coefficient (Wildman–Crippen LogP) is 8.07. The molecule has 2 aromatic heterocycles. The highest BCUT2D eigenvalue weighted by molar-refractivity contribution is 7.91. The van der Waals surface area contributed by atoms with E-state index < -0.39 is 33.2 Å². The zero-order valence-corrected chi connectivity index (χ0v) is 37.4. The quantitative estimate of drug-likeness (QED) is 0.117. The SMILES string of the molecule is COc1nc(O[C@H]2CCc3c(-c4cccc(-c5nc6cc7c(c(OC(F)F)c6o5)CC[C@H]7N5CC[C@@H](C(=O)NS(=O)(=O)C6(C)CC6)C5)c4C)cccc32)c(Cl)cc1CN1CC[C@@H](O)C1. The van der Waals surface area contributed by atoms with Gasteiger partial charge in [-0.15, -0.1) is 0 Å². The Kier molecular flexibility index (Phi) is 11.1. The number of carbonyl (C=O) groups is 1. The number of hydrogen-bond donors (Lipinski definition) is 2. The average Bonchev–Trinajstić information content (AvgIpc) is 3.87. The molecule has 13 nitrogen and oxygen atoms in total. The second-order valence-electron chi connectivity index (χ2n) is 18.1. The van der Waals surface area contributed by atoms with Crippen molar-refractivity contribution in [1.82, 2.24) is 24.5 Å². The molecule has 338 valence electrons. The highest BCUT2D eigenvalue weighted by Gasteiger charge is 2.51. The molecule has 17 heteroatoms. The molecule has 0 spiro atoms. The number of pyridine rings is 1. The number of aromatic nitrogens is 2. The Morgan fingerprint density at radius 1 is 0.984 bits per heavy atom. The number of nitrogens with one attached hydrogen (secondary N) is 1. The van der Waals surface area contributed by atoms with Crippen LogP contribution in [0.5, 0.6) is 17.5 Å². The van der Waals surface area contributed by atoms with Gasteiger partial charge in [-0.05, 0) is 123 Å². The van der Waals surface area contributed by atoms with Gasteiger partial charge in [-0.3, -0.25) is 19.3 Å². The molecule has 3 aliphatic carbocycles. The van der Waals surface area contributed by atoms with Gasteiger partial charge >= 0.3 is 6.61 Å². The highest BCUT2D eigenvalue weighted by Crippen LogP contribution is 2.49. The maximum Gasteiger partial charge on any atom is 0.387 e. The third-order valence-electron chi connectivity index (χ3n) is 14.0. The number of alkyl halides is 2. The van der Waals surface area contributed by atoms with Crippen LogP contribution in [0, 0.1) is 12.8 Å². The first-order chi connectivity index (χ1) is 30.7. The lowest BCUT2D eigenvalue weighted by molar-refractivity contribution is -0.122. The fourth-order valence-corrected chi connectivity index (χ4v) is 11.7. The van der Waals surface area contributed by atoms with E-state index in [1.807, 2.05) is 43.3 Å². The lowest BCUT2D eigenvalue weighted by atomic mass is 9.91. The van der Waals surface area contributed by atoms with Crippen LogP contribution in [0.3, 0.4) is 0 Å². The van der Waals surface area contributed by atoms with Gasteiger partial charge in [-0.2, -0.15) is 13.8 Å². The van der Waals surface area contributed by atoms with Crippen LogP contribution in [0.25, 0.3) is 33.7 Å². The first kappa shape index (κ1) is 43.0. The monoisotopic (exact) mass is 917 g/mol. The topological polar surface area (TPSA) is 157 Å². The van der Waals surface area contributed by atoms with Gasteiger partial charge in [-0.1, -0.05) is 41.9 Å². The number of halogens is 3. The van der Waals surface area contributed by atoms with E-state index in [0.29, 0.717) is 92.3 Å². The van der Waals surface area contributed by atoms with Gasteiger partial charge in [0, 0.05) is 48.9 Å². The van der Waals surface area contributed by atoms with Crippen molar-refractivity contribution in [1.29, 1.82) is 0 Å². The van der Waals surface area contributed by atoms with Crippen molar-refractivity contribution in [3.8, 4) is 40.1 Å². The molecule has 2 N–H and O–H groups in total. The second kappa shape index (κ2) is 16.5. The van der Waals surface area contributed by atoms with E-state index in [9.17, 15) is 27.1 Å². The number of hydrogen-bond acceptors (Lipinski definition) is 12. The number of nitrogens with zero attached hydrogens (tertiary/aromatic N) is 4. The molecule has 4 heterocycles. The van der Waals surface area contributed by atoms with Gasteiger partial charge in [-0.25, -0.2) is 13.4 Å². The molecule has 2 saturated heterocycles. The summed E-state index contributed by atoms with van der Waals surface area (Å²) in [5, 5.41) is 10.4. The number of likely N-dealkylation sites (tertiary alicyclic amines) is 2. The summed E-state index contributed by atoms with van der Waals surface area (Å²) >= 11 is 6.77. The van der Waals surface area contributed by atoms with Gasteiger partial charge in [0.15, 0.2) is 11.3 Å². The van der Waals surface area contributed by atoms with E-state index >= 15 is 0 Å². The predicted molar refractivity (Wildman–Crippen MR) is 235 cm³/mol. The Labute approximate surface area is 375 Å². The number of β-amino-alcohol motifs (C(OH)–C–C–N with tert-alkyl or cyclic N) is 1. The summed E-state index contributed by atoms with van der Waals surface area (Å²) in [5.74, 6) is -0.0625. The molecule has 1 amide bonds. The van der Waals surface area contributed by atoms with Crippen LogP contribution in [0.15, 0.2) is 52.9 Å². The number of fused-ring (bicyclic) bond motifs is 3. The van der Waals surface area contributed by atoms with E-state index in [4.69, 9.17) is 35.2 Å². The molecule has 0 radical (unpaired) electrons. The summed E-state index contributed by atoms with van der Waals surface area (Å²) in [6.45, 7) is 3.35. The molecule has 4 atom stereocenters. The molecular formula is C47H50ClF2N5O8S. The van der Waals surface area contributed by atoms with Crippen LogP contribution in [-0.4, -0.2) is 90.0 Å². The molecule has 0 unspecified atom stereocenters. The number of ether oxygens (including phenoxy) is 3. The van der Waals surface area contributed by atoms with Crippen LogP contribution in [-0.2, 0) is 34.2 Å². The van der Waals surface area contributed by atoms with Crippen molar-refractivity contribution in [2.24, 2.45) is 5.92 Å². The number of amides is 1. The number of sulfonamides is 1. The van der Waals surface area contributed by atoms with Crippen molar-refractivity contribution < 1.29 is 45.7 Å². The van der Waals surface area contributed by atoms with Crippen LogP contribution < -0.4 is 18.9 Å². The van der Waals surface area contributed by atoms with E-state index in [1.54, 1.807) is 14.0 Å². The molecule has 5 aromatic rings. The minimum Gasteiger partial charge on any atom is -0.481 e. The fourth-order valence-electron chi connectivity index (χ4n) is 10.2. The van der Waals surface area contributed by atoms with Crippen LogP contribution >= 0.6 is 11.6 Å². The lowest BCUT2D eigenvalue weighted by Crippen LogP contribution is -2.42. The Morgan fingerprint density at radius 3 is 2.50 bits per heavy atom. The van der Waals surface area contributed by atoms with Crippen LogP contribution in [0.2, 0.25) is 5.02 Å². The standard InChI is InChI=1S/C47H50ClF2N5O8S/c1-25-29(31-8-5-9-33-32(31)11-13-39(33)61-45-36(48)20-27(43(52-45)60-3)22-54-18-15-28(56)24-54)6-4-7-30(25)44-51-37-21-35-34(40(41(37)62-44)63-46(49)50)10-12-38(35)55-19-14-26(23-55)42(57)53-64(58,59)47(2)16-17-47/h4-9,20-21,26,28,38-39,46,56H,10-19,22-24H2,1-3H3,(H,53,57)/t26-,28-,38-,39+/m1/s1. The lowest BCUT2D eigenvalue weighted by Gasteiger charge is -2.25. The van der Waals surface area contributed by atoms with Crippen molar-refractivity contribution in [3.63, 3.8) is 0 Å². The zero-order valence-electron chi connectivity index (χ0n) is 35.8. The van der Waals surface area contributed by atoms with E-state index in [0.717, 1.165) is 58.3 Å². The zero-order chi connectivity index (χ0) is 44.7.